The number of hydrogen-bond donors (Lipinski definition) is 3. The zero-order valence-corrected chi connectivity index (χ0v) is 8.33. The first-order valence-electron chi connectivity index (χ1n) is 5.00. The lowest BCUT2D eigenvalue weighted by Crippen LogP contribution is -2.33. The normalized spacial score (nSPS) is 25.7. The lowest BCUT2D eigenvalue weighted by Gasteiger charge is -2.21. The number of aliphatic hydroxyl groups is 1. The Labute approximate surface area is 87.6 Å². The molecule has 0 amide bonds. The van der Waals surface area contributed by atoms with E-state index in [2.05, 4.69) is 5.32 Å². The van der Waals surface area contributed by atoms with Crippen LogP contribution in [0.4, 0.5) is 4.39 Å². The van der Waals surface area contributed by atoms with Crippen LogP contribution in [0.1, 0.15) is 12.0 Å². The van der Waals surface area contributed by atoms with E-state index in [4.69, 9.17) is 0 Å². The molecule has 2 rings (SSSR count). The monoisotopic (exact) mass is 211 g/mol. The van der Waals surface area contributed by atoms with Crippen LogP contribution in [-0.2, 0) is 6.42 Å². The molecule has 1 unspecified atom stereocenters. The lowest BCUT2D eigenvalue weighted by molar-refractivity contribution is 0.0612. The Hall–Kier alpha value is -1.13. The third-order valence-corrected chi connectivity index (χ3v) is 2.78. The van der Waals surface area contributed by atoms with Gasteiger partial charge in [-0.15, -0.1) is 0 Å². The zero-order valence-electron chi connectivity index (χ0n) is 8.33. The fourth-order valence-electron chi connectivity index (χ4n) is 1.93. The molecule has 1 aliphatic heterocycles. The Morgan fingerprint density at radius 1 is 1.47 bits per heavy atom. The number of rotatable bonds is 2. The summed E-state index contributed by atoms with van der Waals surface area (Å²) in [5.74, 6) is -0.353. The molecule has 1 saturated heterocycles. The van der Waals surface area contributed by atoms with Gasteiger partial charge >= 0.3 is 0 Å². The number of β-amino-alcohol motifs (C(OH)–C–C–N with tert-alkyl or cyclic N) is 1. The number of halogens is 1. The minimum Gasteiger partial charge on any atom is -0.508 e. The summed E-state index contributed by atoms with van der Waals surface area (Å²) in [6.07, 6.45) is 0.909. The zero-order chi connectivity index (χ0) is 10.9. The van der Waals surface area contributed by atoms with E-state index in [-0.39, 0.29) is 12.2 Å². The Bertz CT molecular complexity index is 362. The minimum absolute atomic E-state index is 0.0386. The molecular weight excluding hydrogens is 197 g/mol. The topological polar surface area (TPSA) is 52.5 Å². The van der Waals surface area contributed by atoms with E-state index in [1.54, 1.807) is 0 Å². The Kier molecular flexibility index (Phi) is 2.63. The van der Waals surface area contributed by atoms with E-state index >= 15 is 0 Å². The van der Waals surface area contributed by atoms with Gasteiger partial charge in [0.15, 0.2) is 0 Å². The molecule has 0 saturated carbocycles. The molecule has 3 nitrogen and oxygen atoms in total. The summed E-state index contributed by atoms with van der Waals surface area (Å²) < 4.78 is 12.9. The predicted octanol–water partition coefficient (Wildman–Crippen LogP) is 0.798. The molecule has 0 bridgehead atoms. The van der Waals surface area contributed by atoms with Crippen molar-refractivity contribution in [2.24, 2.45) is 0 Å². The molecule has 3 N–H and O–H groups in total. The molecule has 1 aromatic rings. The predicted molar refractivity (Wildman–Crippen MR) is 54.2 cm³/mol. The summed E-state index contributed by atoms with van der Waals surface area (Å²) in [4.78, 5) is 0. The Morgan fingerprint density at radius 3 is 2.93 bits per heavy atom. The molecule has 15 heavy (non-hydrogen) atoms. The standard InChI is InChI=1S/C11H14FNO2/c12-9-1-2-10(14)8(5-9)6-11(15)3-4-13-7-11/h1-2,5,13-15H,3-4,6-7H2. The summed E-state index contributed by atoms with van der Waals surface area (Å²) in [7, 11) is 0. The number of phenols is 1. The van der Waals surface area contributed by atoms with Gasteiger partial charge in [0.2, 0.25) is 0 Å². The minimum atomic E-state index is -0.856. The van der Waals surface area contributed by atoms with Gasteiger partial charge in [-0.05, 0) is 36.7 Å². The lowest BCUT2D eigenvalue weighted by atomic mass is 9.93. The van der Waals surface area contributed by atoms with Crippen molar-refractivity contribution < 1.29 is 14.6 Å². The molecular formula is C11H14FNO2. The highest BCUT2D eigenvalue weighted by atomic mass is 19.1. The van der Waals surface area contributed by atoms with Crippen LogP contribution in [0, 0.1) is 5.82 Å². The molecule has 1 fully saturated rings. The second kappa shape index (κ2) is 3.79. The number of nitrogens with one attached hydrogen (secondary N) is 1. The number of phenolic OH excluding ortho intramolecular Hbond substituents is 1. The highest BCUT2D eigenvalue weighted by Crippen LogP contribution is 2.26. The van der Waals surface area contributed by atoms with Gasteiger partial charge in [0.25, 0.3) is 0 Å². The summed E-state index contributed by atoms with van der Waals surface area (Å²) in [5.41, 5.74) is -0.396. The number of hydrogen-bond acceptors (Lipinski definition) is 3. The first-order valence-corrected chi connectivity index (χ1v) is 5.00. The van der Waals surface area contributed by atoms with Gasteiger partial charge in [-0.25, -0.2) is 4.39 Å². The van der Waals surface area contributed by atoms with Crippen LogP contribution < -0.4 is 5.32 Å². The largest absolute Gasteiger partial charge is 0.508 e. The SMILES string of the molecule is Oc1ccc(F)cc1CC1(O)CCNC1. The molecule has 82 valence electrons. The van der Waals surface area contributed by atoms with Crippen LogP contribution in [0.2, 0.25) is 0 Å². The quantitative estimate of drug-likeness (QED) is 0.678. The fraction of sp³-hybridized carbons (Fsp3) is 0.455. The van der Waals surface area contributed by atoms with Crippen molar-refractivity contribution in [3.8, 4) is 5.75 Å². The summed E-state index contributed by atoms with van der Waals surface area (Å²) in [6.45, 7) is 1.25. The van der Waals surface area contributed by atoms with Crippen molar-refractivity contribution in [1.82, 2.24) is 5.32 Å². The highest BCUT2D eigenvalue weighted by Gasteiger charge is 2.31. The maximum Gasteiger partial charge on any atom is 0.123 e. The maximum atomic E-state index is 12.9. The van der Waals surface area contributed by atoms with Gasteiger partial charge in [-0.3, -0.25) is 0 Å². The van der Waals surface area contributed by atoms with Crippen molar-refractivity contribution in [2.75, 3.05) is 13.1 Å². The van der Waals surface area contributed by atoms with Gasteiger partial charge < -0.3 is 15.5 Å². The first kappa shape index (κ1) is 10.4. The smallest absolute Gasteiger partial charge is 0.123 e. The summed E-state index contributed by atoms with van der Waals surface area (Å²) in [5, 5.41) is 22.6. The van der Waals surface area contributed by atoms with Gasteiger partial charge in [0, 0.05) is 13.0 Å². The molecule has 0 aromatic heterocycles. The van der Waals surface area contributed by atoms with E-state index in [9.17, 15) is 14.6 Å². The summed E-state index contributed by atoms with van der Waals surface area (Å²) in [6, 6.07) is 3.79. The van der Waals surface area contributed by atoms with Gasteiger partial charge in [0.1, 0.15) is 11.6 Å². The van der Waals surface area contributed by atoms with Crippen molar-refractivity contribution in [3.63, 3.8) is 0 Å². The maximum absolute atomic E-state index is 12.9. The summed E-state index contributed by atoms with van der Waals surface area (Å²) >= 11 is 0. The van der Waals surface area contributed by atoms with Crippen LogP contribution in [0.3, 0.4) is 0 Å². The average molecular weight is 211 g/mol. The second-order valence-corrected chi connectivity index (χ2v) is 4.10. The van der Waals surface area contributed by atoms with Crippen molar-refractivity contribution in [1.29, 1.82) is 0 Å². The molecule has 1 aromatic carbocycles. The van der Waals surface area contributed by atoms with Crippen molar-refractivity contribution in [2.45, 2.75) is 18.4 Å². The molecule has 1 atom stereocenters. The van der Waals surface area contributed by atoms with E-state index in [1.165, 1.54) is 18.2 Å². The van der Waals surface area contributed by atoms with Gasteiger partial charge in [-0.2, -0.15) is 0 Å². The molecule has 0 aliphatic carbocycles. The van der Waals surface area contributed by atoms with Crippen LogP contribution in [-0.4, -0.2) is 28.9 Å². The average Bonchev–Trinajstić information content (AvgIpc) is 2.59. The van der Waals surface area contributed by atoms with Crippen molar-refractivity contribution >= 4 is 0 Å². The van der Waals surface area contributed by atoms with E-state index in [0.29, 0.717) is 18.5 Å². The van der Waals surface area contributed by atoms with Gasteiger partial charge in [0.05, 0.1) is 5.60 Å². The van der Waals surface area contributed by atoms with Gasteiger partial charge in [-0.1, -0.05) is 0 Å². The Balaban J connectivity index is 2.19. The second-order valence-electron chi connectivity index (χ2n) is 4.10. The number of aromatic hydroxyl groups is 1. The van der Waals surface area contributed by atoms with E-state index in [0.717, 1.165) is 6.54 Å². The Morgan fingerprint density at radius 2 is 2.27 bits per heavy atom. The molecule has 0 spiro atoms. The highest BCUT2D eigenvalue weighted by molar-refractivity contribution is 5.34. The van der Waals surface area contributed by atoms with Crippen LogP contribution in [0.5, 0.6) is 5.75 Å². The fourth-order valence-corrected chi connectivity index (χ4v) is 1.93. The van der Waals surface area contributed by atoms with E-state index in [1.807, 2.05) is 0 Å². The number of benzene rings is 1. The van der Waals surface area contributed by atoms with Crippen LogP contribution >= 0.6 is 0 Å². The molecule has 1 heterocycles. The first-order chi connectivity index (χ1) is 7.09. The molecule has 4 heteroatoms. The third kappa shape index (κ3) is 2.27. The molecule has 1 aliphatic rings. The van der Waals surface area contributed by atoms with E-state index < -0.39 is 11.4 Å². The van der Waals surface area contributed by atoms with Crippen LogP contribution in [0.15, 0.2) is 18.2 Å². The molecule has 0 radical (unpaired) electrons. The van der Waals surface area contributed by atoms with Crippen LogP contribution in [0.25, 0.3) is 0 Å². The third-order valence-electron chi connectivity index (χ3n) is 2.78. The van der Waals surface area contributed by atoms with Crippen molar-refractivity contribution in [3.05, 3.63) is 29.6 Å².